The van der Waals surface area contributed by atoms with Gasteiger partial charge in [-0.3, -0.25) is 14.9 Å². The molecule has 0 spiro atoms. The lowest BCUT2D eigenvalue weighted by molar-refractivity contribution is -0.384. The van der Waals surface area contributed by atoms with Crippen LogP contribution in [-0.2, 0) is 4.79 Å². The molecule has 8 heteroatoms. The second-order valence-corrected chi connectivity index (χ2v) is 6.23. The van der Waals surface area contributed by atoms with Crippen LogP contribution in [0.1, 0.15) is 5.56 Å². The Labute approximate surface area is 151 Å². The summed E-state index contributed by atoms with van der Waals surface area (Å²) in [5.41, 5.74) is 1.03. The number of anilines is 1. The molecule has 1 aliphatic rings. The van der Waals surface area contributed by atoms with Crippen LogP contribution >= 0.6 is 28.1 Å². The average molecular weight is 404 g/mol. The fourth-order valence-electron chi connectivity index (χ4n) is 2.29. The maximum atomic E-state index is 12.6. The SMILES string of the molecule is O=C1/C(=C/c2ccc(Br)cc2)NC(=S)N1c1ccccc1[N+](=O)[O-]. The van der Waals surface area contributed by atoms with Crippen LogP contribution in [0.25, 0.3) is 6.08 Å². The molecule has 1 saturated heterocycles. The van der Waals surface area contributed by atoms with E-state index in [0.717, 1.165) is 14.9 Å². The van der Waals surface area contributed by atoms with Crippen molar-refractivity contribution in [3.8, 4) is 0 Å². The normalized spacial score (nSPS) is 15.7. The van der Waals surface area contributed by atoms with Crippen LogP contribution in [0, 0.1) is 10.1 Å². The second-order valence-electron chi connectivity index (χ2n) is 4.93. The molecule has 24 heavy (non-hydrogen) atoms. The van der Waals surface area contributed by atoms with Crippen LogP contribution in [0.15, 0.2) is 58.7 Å². The average Bonchev–Trinajstić information content (AvgIpc) is 2.83. The lowest BCUT2D eigenvalue weighted by atomic mass is 10.2. The molecule has 0 radical (unpaired) electrons. The number of nitrogens with zero attached hydrogens (tertiary/aromatic N) is 2. The molecule has 2 aromatic rings. The summed E-state index contributed by atoms with van der Waals surface area (Å²) < 4.78 is 0.924. The first-order valence-corrected chi connectivity index (χ1v) is 8.03. The summed E-state index contributed by atoms with van der Waals surface area (Å²) in [5.74, 6) is -0.433. The summed E-state index contributed by atoms with van der Waals surface area (Å²) in [7, 11) is 0. The number of nitro groups is 1. The second kappa shape index (κ2) is 6.50. The topological polar surface area (TPSA) is 75.5 Å². The summed E-state index contributed by atoms with van der Waals surface area (Å²) in [6.45, 7) is 0. The molecule has 6 nitrogen and oxygen atoms in total. The molecule has 1 aliphatic heterocycles. The first-order chi connectivity index (χ1) is 11.5. The molecule has 3 rings (SSSR count). The van der Waals surface area contributed by atoms with Gasteiger partial charge < -0.3 is 5.32 Å². The van der Waals surface area contributed by atoms with Crippen LogP contribution in [0.3, 0.4) is 0 Å². The van der Waals surface area contributed by atoms with Gasteiger partial charge in [0.25, 0.3) is 11.6 Å². The fourth-order valence-corrected chi connectivity index (χ4v) is 2.84. The minimum absolute atomic E-state index is 0.109. The van der Waals surface area contributed by atoms with Gasteiger partial charge in [-0.05, 0) is 42.1 Å². The number of para-hydroxylation sites is 2. The van der Waals surface area contributed by atoms with E-state index in [1.165, 1.54) is 18.2 Å². The van der Waals surface area contributed by atoms with Crippen molar-refractivity contribution in [1.29, 1.82) is 0 Å². The van der Waals surface area contributed by atoms with Crippen molar-refractivity contribution in [2.24, 2.45) is 0 Å². The molecule has 120 valence electrons. The Kier molecular flexibility index (Phi) is 4.41. The molecule has 1 fully saturated rings. The number of hydrogen-bond acceptors (Lipinski definition) is 4. The molecule has 0 unspecified atom stereocenters. The zero-order valence-corrected chi connectivity index (χ0v) is 14.5. The third-order valence-corrected chi connectivity index (χ3v) is 4.19. The quantitative estimate of drug-likeness (QED) is 0.366. The van der Waals surface area contributed by atoms with Gasteiger partial charge in [0.1, 0.15) is 11.4 Å². The largest absolute Gasteiger partial charge is 0.327 e. The highest BCUT2D eigenvalue weighted by atomic mass is 79.9. The van der Waals surface area contributed by atoms with Crippen LogP contribution in [0.4, 0.5) is 11.4 Å². The van der Waals surface area contributed by atoms with Crippen molar-refractivity contribution in [2.75, 3.05) is 4.90 Å². The van der Waals surface area contributed by atoms with E-state index in [4.69, 9.17) is 12.2 Å². The molecule has 0 saturated carbocycles. The van der Waals surface area contributed by atoms with Crippen molar-refractivity contribution in [3.05, 3.63) is 74.4 Å². The van der Waals surface area contributed by atoms with E-state index in [0.29, 0.717) is 0 Å². The van der Waals surface area contributed by atoms with Gasteiger partial charge in [-0.25, -0.2) is 4.90 Å². The van der Waals surface area contributed by atoms with Crippen molar-refractivity contribution in [3.63, 3.8) is 0 Å². The number of amides is 1. The summed E-state index contributed by atoms with van der Waals surface area (Å²) >= 11 is 8.53. The van der Waals surface area contributed by atoms with Gasteiger partial charge in [0.15, 0.2) is 5.11 Å². The predicted molar refractivity (Wildman–Crippen MR) is 98.4 cm³/mol. The van der Waals surface area contributed by atoms with E-state index in [1.54, 1.807) is 12.1 Å². The third-order valence-electron chi connectivity index (χ3n) is 3.38. The minimum Gasteiger partial charge on any atom is -0.327 e. The van der Waals surface area contributed by atoms with Crippen molar-refractivity contribution < 1.29 is 9.72 Å². The predicted octanol–water partition coefficient (Wildman–Crippen LogP) is 3.62. The first-order valence-electron chi connectivity index (χ1n) is 6.83. The number of benzene rings is 2. The summed E-state index contributed by atoms with van der Waals surface area (Å²) in [4.78, 5) is 24.4. The first kappa shape index (κ1) is 16.3. The standard InChI is InChI=1S/C16H10BrN3O3S/c17-11-7-5-10(6-8-11)9-12-15(21)19(16(24)18-12)13-3-1-2-4-14(13)20(22)23/h1-9H,(H,18,24)/b12-9-. The van der Waals surface area contributed by atoms with E-state index in [-0.39, 0.29) is 22.2 Å². The molecule has 0 aromatic heterocycles. The Balaban J connectivity index is 1.98. The molecule has 1 amide bonds. The van der Waals surface area contributed by atoms with Gasteiger partial charge >= 0.3 is 0 Å². The minimum atomic E-state index is -0.540. The Hall–Kier alpha value is -2.58. The maximum absolute atomic E-state index is 12.6. The number of halogens is 1. The molecule has 1 heterocycles. The van der Waals surface area contributed by atoms with Crippen molar-refractivity contribution in [1.82, 2.24) is 5.32 Å². The molecule has 0 aliphatic carbocycles. The van der Waals surface area contributed by atoms with E-state index in [2.05, 4.69) is 21.2 Å². The van der Waals surface area contributed by atoms with Gasteiger partial charge in [0.05, 0.1) is 4.92 Å². The fraction of sp³-hybridized carbons (Fsp3) is 0. The number of nitrogens with one attached hydrogen (secondary N) is 1. The third kappa shape index (κ3) is 3.06. The highest BCUT2D eigenvalue weighted by molar-refractivity contribution is 9.10. The molecular weight excluding hydrogens is 394 g/mol. The molecule has 1 N–H and O–H groups in total. The number of hydrogen-bond donors (Lipinski definition) is 1. The lowest BCUT2D eigenvalue weighted by Crippen LogP contribution is -2.30. The smallest absolute Gasteiger partial charge is 0.293 e. The monoisotopic (exact) mass is 403 g/mol. The van der Waals surface area contributed by atoms with Gasteiger partial charge in [0, 0.05) is 10.5 Å². The summed E-state index contributed by atoms with van der Waals surface area (Å²) in [5, 5.41) is 14.1. The zero-order chi connectivity index (χ0) is 17.3. The molecule has 0 bridgehead atoms. The summed E-state index contributed by atoms with van der Waals surface area (Å²) in [6, 6.07) is 13.4. The lowest BCUT2D eigenvalue weighted by Gasteiger charge is -2.13. The van der Waals surface area contributed by atoms with Gasteiger partial charge in [-0.2, -0.15) is 0 Å². The summed E-state index contributed by atoms with van der Waals surface area (Å²) in [6.07, 6.45) is 1.65. The highest BCUT2D eigenvalue weighted by Gasteiger charge is 2.35. The van der Waals surface area contributed by atoms with E-state index < -0.39 is 10.8 Å². The Morgan fingerprint density at radius 2 is 1.83 bits per heavy atom. The number of carbonyl (C=O) groups excluding carboxylic acids is 1. The van der Waals surface area contributed by atoms with Gasteiger partial charge in [0.2, 0.25) is 0 Å². The van der Waals surface area contributed by atoms with E-state index in [9.17, 15) is 14.9 Å². The van der Waals surface area contributed by atoms with Crippen LogP contribution in [-0.4, -0.2) is 15.9 Å². The van der Waals surface area contributed by atoms with Gasteiger partial charge in [-0.15, -0.1) is 0 Å². The molecule has 2 aromatic carbocycles. The number of thiocarbonyl (C=S) groups is 1. The molecular formula is C16H10BrN3O3S. The molecule has 0 atom stereocenters. The van der Waals surface area contributed by atoms with Crippen LogP contribution < -0.4 is 10.2 Å². The van der Waals surface area contributed by atoms with Crippen molar-refractivity contribution >= 4 is 56.6 Å². The number of rotatable bonds is 3. The van der Waals surface area contributed by atoms with Crippen LogP contribution in [0.2, 0.25) is 0 Å². The Morgan fingerprint density at radius 1 is 1.17 bits per heavy atom. The van der Waals surface area contributed by atoms with Crippen LogP contribution in [0.5, 0.6) is 0 Å². The van der Waals surface area contributed by atoms with E-state index in [1.807, 2.05) is 24.3 Å². The Bertz CT molecular complexity index is 880. The zero-order valence-electron chi connectivity index (χ0n) is 12.1. The number of nitro benzene ring substituents is 1. The maximum Gasteiger partial charge on any atom is 0.293 e. The van der Waals surface area contributed by atoms with Gasteiger partial charge in [-0.1, -0.05) is 40.2 Å². The Morgan fingerprint density at radius 3 is 2.50 bits per heavy atom. The number of carbonyl (C=O) groups is 1. The highest BCUT2D eigenvalue weighted by Crippen LogP contribution is 2.31. The van der Waals surface area contributed by atoms with E-state index >= 15 is 0 Å². The van der Waals surface area contributed by atoms with Crippen molar-refractivity contribution in [2.45, 2.75) is 0 Å².